The SMILES string of the molecule is CC1CC(c2ccccc2)CN(CC(F)(F)F)C1=O. The summed E-state index contributed by atoms with van der Waals surface area (Å²) in [6.07, 6.45) is -3.73. The number of halogens is 3. The summed E-state index contributed by atoms with van der Waals surface area (Å²) in [5, 5.41) is 0. The van der Waals surface area contributed by atoms with Gasteiger partial charge in [0.15, 0.2) is 0 Å². The zero-order valence-electron chi connectivity index (χ0n) is 10.7. The lowest BCUT2D eigenvalue weighted by atomic mass is 9.85. The first-order valence-electron chi connectivity index (χ1n) is 6.27. The fraction of sp³-hybridized carbons (Fsp3) is 0.500. The molecule has 0 aliphatic carbocycles. The lowest BCUT2D eigenvalue weighted by Crippen LogP contribution is -2.47. The summed E-state index contributed by atoms with van der Waals surface area (Å²) in [5.74, 6) is -0.776. The van der Waals surface area contributed by atoms with Crippen LogP contribution >= 0.6 is 0 Å². The smallest absolute Gasteiger partial charge is 0.333 e. The van der Waals surface area contributed by atoms with Crippen LogP contribution in [0.5, 0.6) is 0 Å². The van der Waals surface area contributed by atoms with Crippen LogP contribution in [0.15, 0.2) is 30.3 Å². The van der Waals surface area contributed by atoms with Gasteiger partial charge in [0.25, 0.3) is 0 Å². The van der Waals surface area contributed by atoms with Crippen molar-refractivity contribution in [2.75, 3.05) is 13.1 Å². The van der Waals surface area contributed by atoms with Gasteiger partial charge in [0.2, 0.25) is 5.91 Å². The summed E-state index contributed by atoms with van der Waals surface area (Å²) in [7, 11) is 0. The standard InChI is InChI=1S/C14H16F3NO/c1-10-7-12(11-5-3-2-4-6-11)8-18(13(10)19)9-14(15,16)17/h2-6,10,12H,7-9H2,1H3. The number of hydrogen-bond donors (Lipinski definition) is 0. The fourth-order valence-corrected chi connectivity index (χ4v) is 2.60. The molecule has 0 radical (unpaired) electrons. The van der Waals surface area contributed by atoms with Crippen molar-refractivity contribution in [2.45, 2.75) is 25.4 Å². The Morgan fingerprint density at radius 3 is 2.47 bits per heavy atom. The molecule has 1 fully saturated rings. The van der Waals surface area contributed by atoms with E-state index in [0.717, 1.165) is 10.5 Å². The monoisotopic (exact) mass is 271 g/mol. The van der Waals surface area contributed by atoms with Crippen LogP contribution in [-0.4, -0.2) is 30.1 Å². The summed E-state index contributed by atoms with van der Waals surface area (Å²) < 4.78 is 37.4. The molecule has 1 saturated heterocycles. The molecule has 1 aromatic rings. The number of amides is 1. The van der Waals surface area contributed by atoms with E-state index < -0.39 is 18.6 Å². The summed E-state index contributed by atoms with van der Waals surface area (Å²) in [6.45, 7) is 0.688. The Morgan fingerprint density at radius 2 is 1.89 bits per heavy atom. The predicted octanol–water partition coefficient (Wildman–Crippen LogP) is 3.20. The van der Waals surface area contributed by atoms with Gasteiger partial charge in [0.1, 0.15) is 6.54 Å². The van der Waals surface area contributed by atoms with Gasteiger partial charge in [0.05, 0.1) is 0 Å². The second kappa shape index (κ2) is 5.23. The average molecular weight is 271 g/mol. The minimum Gasteiger partial charge on any atom is -0.333 e. The van der Waals surface area contributed by atoms with Crippen LogP contribution in [0.25, 0.3) is 0 Å². The zero-order valence-corrected chi connectivity index (χ0v) is 10.7. The topological polar surface area (TPSA) is 20.3 Å². The van der Waals surface area contributed by atoms with Crippen LogP contribution in [0.1, 0.15) is 24.8 Å². The van der Waals surface area contributed by atoms with Crippen molar-refractivity contribution in [1.29, 1.82) is 0 Å². The van der Waals surface area contributed by atoms with Crippen molar-refractivity contribution >= 4 is 5.91 Å². The molecule has 19 heavy (non-hydrogen) atoms. The molecule has 1 aliphatic heterocycles. The van der Waals surface area contributed by atoms with Crippen LogP contribution < -0.4 is 0 Å². The van der Waals surface area contributed by atoms with Crippen LogP contribution in [0.4, 0.5) is 13.2 Å². The van der Waals surface area contributed by atoms with Crippen LogP contribution in [0.3, 0.4) is 0 Å². The number of carbonyl (C=O) groups excluding carboxylic acids is 1. The maximum Gasteiger partial charge on any atom is 0.406 e. The highest BCUT2D eigenvalue weighted by atomic mass is 19.4. The van der Waals surface area contributed by atoms with E-state index in [9.17, 15) is 18.0 Å². The van der Waals surface area contributed by atoms with E-state index >= 15 is 0 Å². The lowest BCUT2D eigenvalue weighted by Gasteiger charge is -2.36. The Hall–Kier alpha value is -1.52. The number of piperidine rings is 1. The Kier molecular flexibility index (Phi) is 3.83. The highest BCUT2D eigenvalue weighted by Gasteiger charge is 2.39. The Bertz CT molecular complexity index is 444. The Morgan fingerprint density at radius 1 is 1.26 bits per heavy atom. The van der Waals surface area contributed by atoms with E-state index in [0.29, 0.717) is 6.42 Å². The number of alkyl halides is 3. The van der Waals surface area contributed by atoms with Crippen molar-refractivity contribution in [3.05, 3.63) is 35.9 Å². The minimum atomic E-state index is -4.34. The first-order chi connectivity index (χ1) is 8.87. The second-order valence-electron chi connectivity index (χ2n) is 5.08. The molecule has 1 amide bonds. The fourth-order valence-electron chi connectivity index (χ4n) is 2.60. The van der Waals surface area contributed by atoms with E-state index in [1.807, 2.05) is 30.3 Å². The molecule has 1 aliphatic rings. The third-order valence-electron chi connectivity index (χ3n) is 3.45. The minimum absolute atomic E-state index is 0.0174. The largest absolute Gasteiger partial charge is 0.406 e. The highest BCUT2D eigenvalue weighted by Crippen LogP contribution is 2.32. The van der Waals surface area contributed by atoms with Crippen molar-refractivity contribution in [1.82, 2.24) is 4.90 Å². The maximum atomic E-state index is 12.5. The average Bonchev–Trinajstić information content (AvgIpc) is 2.34. The molecule has 0 N–H and O–H groups in total. The van der Waals surface area contributed by atoms with Crippen molar-refractivity contribution in [3.63, 3.8) is 0 Å². The summed E-state index contributed by atoms with van der Waals surface area (Å²) in [4.78, 5) is 12.7. The quantitative estimate of drug-likeness (QED) is 0.809. The van der Waals surface area contributed by atoms with Crippen LogP contribution in [-0.2, 0) is 4.79 Å². The molecular formula is C14H16F3NO. The molecule has 2 unspecified atom stereocenters. The molecule has 0 aromatic heterocycles. The molecule has 0 bridgehead atoms. The van der Waals surface area contributed by atoms with E-state index in [-0.39, 0.29) is 18.4 Å². The highest BCUT2D eigenvalue weighted by molar-refractivity contribution is 5.79. The van der Waals surface area contributed by atoms with Gasteiger partial charge >= 0.3 is 6.18 Å². The first-order valence-corrected chi connectivity index (χ1v) is 6.27. The second-order valence-corrected chi connectivity index (χ2v) is 5.08. The summed E-state index contributed by atoms with van der Waals surface area (Å²) in [6, 6.07) is 9.40. The van der Waals surface area contributed by atoms with Crippen molar-refractivity contribution in [3.8, 4) is 0 Å². The van der Waals surface area contributed by atoms with Gasteiger partial charge in [-0.2, -0.15) is 13.2 Å². The first kappa shape index (κ1) is 13.9. The number of benzene rings is 1. The molecule has 0 spiro atoms. The van der Waals surface area contributed by atoms with E-state index in [4.69, 9.17) is 0 Å². The van der Waals surface area contributed by atoms with Gasteiger partial charge < -0.3 is 4.90 Å². The molecular weight excluding hydrogens is 255 g/mol. The molecule has 0 saturated carbocycles. The molecule has 1 aromatic carbocycles. The predicted molar refractivity (Wildman–Crippen MR) is 65.6 cm³/mol. The van der Waals surface area contributed by atoms with Crippen molar-refractivity contribution < 1.29 is 18.0 Å². The van der Waals surface area contributed by atoms with Gasteiger partial charge in [-0.05, 0) is 12.0 Å². The maximum absolute atomic E-state index is 12.5. The van der Waals surface area contributed by atoms with Gasteiger partial charge in [0, 0.05) is 18.4 Å². The van der Waals surface area contributed by atoms with Gasteiger partial charge in [-0.15, -0.1) is 0 Å². The normalized spacial score (nSPS) is 24.6. The van der Waals surface area contributed by atoms with E-state index in [1.54, 1.807) is 6.92 Å². The molecule has 2 atom stereocenters. The van der Waals surface area contributed by atoms with Gasteiger partial charge in [-0.3, -0.25) is 4.79 Å². The Balaban J connectivity index is 2.15. The molecule has 104 valence electrons. The zero-order chi connectivity index (χ0) is 14.0. The summed E-state index contributed by atoms with van der Waals surface area (Å²) >= 11 is 0. The summed E-state index contributed by atoms with van der Waals surface area (Å²) in [5.41, 5.74) is 0.994. The lowest BCUT2D eigenvalue weighted by molar-refractivity contribution is -0.167. The van der Waals surface area contributed by atoms with Gasteiger partial charge in [-0.25, -0.2) is 0 Å². The molecule has 2 rings (SSSR count). The third-order valence-corrected chi connectivity index (χ3v) is 3.45. The number of carbonyl (C=O) groups is 1. The van der Waals surface area contributed by atoms with E-state index in [2.05, 4.69) is 0 Å². The third kappa shape index (κ3) is 3.49. The van der Waals surface area contributed by atoms with Crippen LogP contribution in [0.2, 0.25) is 0 Å². The van der Waals surface area contributed by atoms with Gasteiger partial charge in [-0.1, -0.05) is 37.3 Å². The Labute approximate surface area is 110 Å². The van der Waals surface area contributed by atoms with E-state index in [1.165, 1.54) is 0 Å². The molecule has 2 nitrogen and oxygen atoms in total. The number of hydrogen-bond acceptors (Lipinski definition) is 1. The van der Waals surface area contributed by atoms with Crippen LogP contribution in [0, 0.1) is 5.92 Å². The number of nitrogens with zero attached hydrogens (tertiary/aromatic N) is 1. The van der Waals surface area contributed by atoms with Crippen molar-refractivity contribution in [2.24, 2.45) is 5.92 Å². The number of rotatable bonds is 2. The molecule has 1 heterocycles. The molecule has 5 heteroatoms. The number of likely N-dealkylation sites (tertiary alicyclic amines) is 1.